The normalized spacial score (nSPS) is 20.6. The number of carbonyl (C=O) groups is 1. The third-order valence-corrected chi connectivity index (χ3v) is 6.39. The summed E-state index contributed by atoms with van der Waals surface area (Å²) in [5.41, 5.74) is 0. The SMILES string of the molecule is O=C(NC1CCCC1)C1CCCN(c2nccnc2Sc2ccccc2)C1. The van der Waals surface area contributed by atoms with Crippen molar-refractivity contribution in [2.75, 3.05) is 18.0 Å². The molecular formula is C21H26N4OS. The summed E-state index contributed by atoms with van der Waals surface area (Å²) in [4.78, 5) is 25.3. The molecule has 1 atom stereocenters. The van der Waals surface area contributed by atoms with Crippen molar-refractivity contribution in [3.05, 3.63) is 42.7 Å². The van der Waals surface area contributed by atoms with Crippen LogP contribution in [0.5, 0.6) is 0 Å². The molecule has 1 saturated carbocycles. The highest BCUT2D eigenvalue weighted by atomic mass is 32.2. The van der Waals surface area contributed by atoms with Crippen LogP contribution < -0.4 is 10.2 Å². The molecule has 1 saturated heterocycles. The molecule has 0 bridgehead atoms. The second kappa shape index (κ2) is 8.74. The van der Waals surface area contributed by atoms with Crippen molar-refractivity contribution in [2.45, 2.75) is 54.5 Å². The molecule has 142 valence electrons. The van der Waals surface area contributed by atoms with E-state index in [1.807, 2.05) is 18.2 Å². The topological polar surface area (TPSA) is 58.1 Å². The van der Waals surface area contributed by atoms with Gasteiger partial charge in [-0.25, -0.2) is 9.97 Å². The zero-order valence-corrected chi connectivity index (χ0v) is 16.3. The molecule has 1 aromatic carbocycles. The van der Waals surface area contributed by atoms with Crippen LogP contribution in [0.1, 0.15) is 38.5 Å². The number of hydrogen-bond acceptors (Lipinski definition) is 5. The number of benzene rings is 1. The zero-order chi connectivity index (χ0) is 18.5. The Morgan fingerprint density at radius 3 is 2.63 bits per heavy atom. The summed E-state index contributed by atoms with van der Waals surface area (Å²) < 4.78 is 0. The summed E-state index contributed by atoms with van der Waals surface area (Å²) in [6, 6.07) is 10.6. The number of carbonyl (C=O) groups excluding carboxylic acids is 1. The number of amides is 1. The van der Waals surface area contributed by atoms with Gasteiger partial charge in [-0.3, -0.25) is 4.79 Å². The third-order valence-electron chi connectivity index (χ3n) is 5.40. The van der Waals surface area contributed by atoms with E-state index in [1.54, 1.807) is 24.2 Å². The molecule has 2 aromatic rings. The summed E-state index contributed by atoms with van der Waals surface area (Å²) in [5, 5.41) is 4.17. The number of anilines is 1. The summed E-state index contributed by atoms with van der Waals surface area (Å²) in [7, 11) is 0. The average molecular weight is 383 g/mol. The van der Waals surface area contributed by atoms with E-state index in [1.165, 1.54) is 12.8 Å². The summed E-state index contributed by atoms with van der Waals surface area (Å²) in [5.74, 6) is 1.15. The van der Waals surface area contributed by atoms with E-state index in [-0.39, 0.29) is 11.8 Å². The smallest absolute Gasteiger partial charge is 0.225 e. The van der Waals surface area contributed by atoms with Crippen molar-refractivity contribution >= 4 is 23.5 Å². The molecule has 1 amide bonds. The number of aromatic nitrogens is 2. The first-order valence-electron chi connectivity index (χ1n) is 9.89. The van der Waals surface area contributed by atoms with Crippen LogP contribution in [0.2, 0.25) is 0 Å². The number of nitrogens with zero attached hydrogens (tertiary/aromatic N) is 3. The van der Waals surface area contributed by atoms with Gasteiger partial charge in [-0.1, -0.05) is 42.8 Å². The molecule has 2 aliphatic rings. The fourth-order valence-electron chi connectivity index (χ4n) is 3.98. The van der Waals surface area contributed by atoms with Gasteiger partial charge in [0.2, 0.25) is 5.91 Å². The first-order chi connectivity index (χ1) is 13.3. The van der Waals surface area contributed by atoms with Crippen LogP contribution in [-0.4, -0.2) is 35.0 Å². The molecule has 0 spiro atoms. The predicted octanol–water partition coefficient (Wildman–Crippen LogP) is 3.90. The lowest BCUT2D eigenvalue weighted by atomic mass is 9.96. The van der Waals surface area contributed by atoms with Gasteiger partial charge in [-0.05, 0) is 37.8 Å². The molecule has 27 heavy (non-hydrogen) atoms. The second-order valence-corrected chi connectivity index (χ2v) is 8.44. The third kappa shape index (κ3) is 4.61. The predicted molar refractivity (Wildman–Crippen MR) is 108 cm³/mol. The van der Waals surface area contributed by atoms with E-state index >= 15 is 0 Å². The second-order valence-electron chi connectivity index (χ2n) is 7.38. The highest BCUT2D eigenvalue weighted by Crippen LogP contribution is 2.34. The van der Waals surface area contributed by atoms with Crippen LogP contribution in [0, 0.1) is 5.92 Å². The van der Waals surface area contributed by atoms with Crippen molar-refractivity contribution in [1.29, 1.82) is 0 Å². The maximum atomic E-state index is 12.7. The van der Waals surface area contributed by atoms with Crippen LogP contribution >= 0.6 is 11.8 Å². The summed E-state index contributed by atoms with van der Waals surface area (Å²) in [6.07, 6.45) is 10.2. The van der Waals surface area contributed by atoms with Crippen molar-refractivity contribution < 1.29 is 4.79 Å². The molecule has 1 N–H and O–H groups in total. The van der Waals surface area contributed by atoms with Gasteiger partial charge in [0.15, 0.2) is 5.82 Å². The number of rotatable bonds is 5. The van der Waals surface area contributed by atoms with E-state index in [0.29, 0.717) is 6.04 Å². The van der Waals surface area contributed by atoms with Gasteiger partial charge < -0.3 is 10.2 Å². The minimum absolute atomic E-state index is 0.0379. The highest BCUT2D eigenvalue weighted by Gasteiger charge is 2.29. The molecule has 6 heteroatoms. The minimum atomic E-state index is 0.0379. The molecule has 1 unspecified atom stereocenters. The minimum Gasteiger partial charge on any atom is -0.354 e. The first kappa shape index (κ1) is 18.3. The van der Waals surface area contributed by atoms with Crippen molar-refractivity contribution in [3.8, 4) is 0 Å². The van der Waals surface area contributed by atoms with Gasteiger partial charge in [-0.15, -0.1) is 0 Å². The number of nitrogens with one attached hydrogen (secondary N) is 1. The number of hydrogen-bond donors (Lipinski definition) is 1. The van der Waals surface area contributed by atoms with Gasteiger partial charge in [0.25, 0.3) is 0 Å². The van der Waals surface area contributed by atoms with Crippen LogP contribution in [0.3, 0.4) is 0 Å². The zero-order valence-electron chi connectivity index (χ0n) is 15.5. The Hall–Kier alpha value is -2.08. The monoisotopic (exact) mass is 382 g/mol. The Kier molecular flexibility index (Phi) is 5.92. The molecule has 1 aromatic heterocycles. The average Bonchev–Trinajstić information content (AvgIpc) is 3.22. The van der Waals surface area contributed by atoms with E-state index in [4.69, 9.17) is 0 Å². The van der Waals surface area contributed by atoms with Crippen molar-refractivity contribution in [3.63, 3.8) is 0 Å². The van der Waals surface area contributed by atoms with Gasteiger partial charge in [0.05, 0.1) is 5.92 Å². The van der Waals surface area contributed by atoms with E-state index in [9.17, 15) is 4.79 Å². The maximum Gasteiger partial charge on any atom is 0.225 e. The highest BCUT2D eigenvalue weighted by molar-refractivity contribution is 7.99. The Morgan fingerprint density at radius 1 is 1.04 bits per heavy atom. The molecular weight excluding hydrogens is 356 g/mol. The Labute approximate surface area is 165 Å². The Morgan fingerprint density at radius 2 is 1.81 bits per heavy atom. The van der Waals surface area contributed by atoms with E-state index in [2.05, 4.69) is 32.3 Å². The van der Waals surface area contributed by atoms with Crippen LogP contribution in [0.15, 0.2) is 52.6 Å². The fraction of sp³-hybridized carbons (Fsp3) is 0.476. The first-order valence-corrected chi connectivity index (χ1v) is 10.7. The largest absolute Gasteiger partial charge is 0.354 e. The van der Waals surface area contributed by atoms with Crippen LogP contribution in [-0.2, 0) is 4.79 Å². The van der Waals surface area contributed by atoms with Crippen molar-refractivity contribution in [2.24, 2.45) is 5.92 Å². The molecule has 2 fully saturated rings. The fourth-order valence-corrected chi connectivity index (χ4v) is 4.88. The molecule has 4 rings (SSSR count). The molecule has 2 heterocycles. The van der Waals surface area contributed by atoms with Gasteiger partial charge in [-0.2, -0.15) is 0 Å². The van der Waals surface area contributed by atoms with Crippen LogP contribution in [0.4, 0.5) is 5.82 Å². The number of piperidine rings is 1. The molecule has 1 aliphatic carbocycles. The summed E-state index contributed by atoms with van der Waals surface area (Å²) >= 11 is 1.63. The van der Waals surface area contributed by atoms with Crippen molar-refractivity contribution in [1.82, 2.24) is 15.3 Å². The molecule has 0 radical (unpaired) electrons. The van der Waals surface area contributed by atoms with Crippen LogP contribution in [0.25, 0.3) is 0 Å². The molecule has 5 nitrogen and oxygen atoms in total. The lowest BCUT2D eigenvalue weighted by Gasteiger charge is -2.34. The lowest BCUT2D eigenvalue weighted by Crippen LogP contribution is -2.45. The van der Waals surface area contributed by atoms with Gasteiger partial charge in [0, 0.05) is 36.4 Å². The Bertz CT molecular complexity index is 764. The van der Waals surface area contributed by atoms with E-state index < -0.39 is 0 Å². The molecule has 1 aliphatic heterocycles. The summed E-state index contributed by atoms with van der Waals surface area (Å²) in [6.45, 7) is 1.65. The van der Waals surface area contributed by atoms with E-state index in [0.717, 1.165) is 54.5 Å². The quantitative estimate of drug-likeness (QED) is 0.850. The Balaban J connectivity index is 1.45. The standard InChI is InChI=1S/C21H26N4OS/c26-20(24-17-8-4-5-9-17)16-7-6-14-25(15-16)19-21(23-13-12-22-19)27-18-10-2-1-3-11-18/h1-3,10-13,16-17H,4-9,14-15H2,(H,24,26). The van der Waals surface area contributed by atoms with Gasteiger partial charge >= 0.3 is 0 Å². The maximum absolute atomic E-state index is 12.7. The lowest BCUT2D eigenvalue weighted by molar-refractivity contribution is -0.125. The van der Waals surface area contributed by atoms with Gasteiger partial charge in [0.1, 0.15) is 5.03 Å².